The van der Waals surface area contributed by atoms with Crippen molar-refractivity contribution in [3.05, 3.63) is 29.6 Å². The van der Waals surface area contributed by atoms with Gasteiger partial charge in [-0.2, -0.15) is 0 Å². The van der Waals surface area contributed by atoms with Gasteiger partial charge in [-0.3, -0.25) is 4.79 Å². The zero-order valence-electron chi connectivity index (χ0n) is 12.8. The molecule has 0 bridgehead atoms. The van der Waals surface area contributed by atoms with Crippen LogP contribution in [-0.4, -0.2) is 51.8 Å². The molecule has 118 valence electrons. The topological polar surface area (TPSA) is 50.8 Å². The molecule has 1 N–H and O–H groups in total. The Morgan fingerprint density at radius 2 is 2.10 bits per heavy atom. The number of hydrogen-bond acceptors (Lipinski definition) is 4. The number of hydrogen-bond donors (Lipinski definition) is 1. The summed E-state index contributed by atoms with van der Waals surface area (Å²) in [6, 6.07) is 4.82. The highest BCUT2D eigenvalue weighted by molar-refractivity contribution is 5.75. The van der Waals surface area contributed by atoms with Crippen molar-refractivity contribution in [2.75, 3.05) is 41.0 Å². The van der Waals surface area contributed by atoms with Crippen molar-refractivity contribution >= 4 is 5.91 Å². The van der Waals surface area contributed by atoms with Gasteiger partial charge >= 0.3 is 0 Å². The molecule has 0 fully saturated rings. The second kappa shape index (κ2) is 9.31. The quantitative estimate of drug-likeness (QED) is 0.701. The van der Waals surface area contributed by atoms with E-state index in [-0.39, 0.29) is 24.7 Å². The van der Waals surface area contributed by atoms with Crippen LogP contribution >= 0.6 is 0 Å². The summed E-state index contributed by atoms with van der Waals surface area (Å²) in [5, 5.41) is 3.14. The number of rotatable bonds is 9. The van der Waals surface area contributed by atoms with E-state index < -0.39 is 5.82 Å². The van der Waals surface area contributed by atoms with E-state index in [0.29, 0.717) is 19.7 Å². The van der Waals surface area contributed by atoms with Gasteiger partial charge in [0.25, 0.3) is 0 Å². The first-order chi connectivity index (χ1) is 10.0. The van der Waals surface area contributed by atoms with E-state index in [2.05, 4.69) is 5.32 Å². The minimum absolute atomic E-state index is 0.0469. The molecule has 5 nitrogen and oxygen atoms in total. The maximum Gasteiger partial charge on any atom is 0.225 e. The summed E-state index contributed by atoms with van der Waals surface area (Å²) in [5.74, 6) is -0.296. The number of halogens is 1. The van der Waals surface area contributed by atoms with E-state index in [1.165, 1.54) is 11.0 Å². The van der Waals surface area contributed by atoms with Crippen LogP contribution < -0.4 is 10.1 Å². The summed E-state index contributed by atoms with van der Waals surface area (Å²) in [6.45, 7) is 2.06. The first-order valence-electron chi connectivity index (χ1n) is 6.85. The number of nitrogens with zero attached hydrogens (tertiary/aromatic N) is 1. The molecule has 0 spiro atoms. The molecule has 0 heterocycles. The van der Waals surface area contributed by atoms with Gasteiger partial charge in [0.2, 0.25) is 5.91 Å². The monoisotopic (exact) mass is 298 g/mol. The SMILES string of the molecule is COCCNCc1ccc(OCCC(=O)N(C)C)c(F)c1. The summed E-state index contributed by atoms with van der Waals surface area (Å²) in [6.07, 6.45) is 0.229. The van der Waals surface area contributed by atoms with Crippen molar-refractivity contribution < 1.29 is 18.7 Å². The Morgan fingerprint density at radius 1 is 1.33 bits per heavy atom. The first-order valence-corrected chi connectivity index (χ1v) is 6.85. The number of nitrogens with one attached hydrogen (secondary N) is 1. The summed E-state index contributed by atoms with van der Waals surface area (Å²) >= 11 is 0. The lowest BCUT2D eigenvalue weighted by Gasteiger charge is -2.12. The smallest absolute Gasteiger partial charge is 0.225 e. The van der Waals surface area contributed by atoms with Gasteiger partial charge in [-0.25, -0.2) is 4.39 Å². The Kier molecular flexibility index (Phi) is 7.71. The highest BCUT2D eigenvalue weighted by Crippen LogP contribution is 2.18. The van der Waals surface area contributed by atoms with Crippen molar-refractivity contribution in [3.8, 4) is 5.75 Å². The first kappa shape index (κ1) is 17.4. The van der Waals surface area contributed by atoms with Crippen molar-refractivity contribution in [1.82, 2.24) is 10.2 Å². The van der Waals surface area contributed by atoms with E-state index in [1.54, 1.807) is 33.3 Å². The molecule has 1 rings (SSSR count). The van der Waals surface area contributed by atoms with Crippen LogP contribution in [-0.2, 0) is 16.1 Å². The predicted molar refractivity (Wildman–Crippen MR) is 78.8 cm³/mol. The van der Waals surface area contributed by atoms with Crippen LogP contribution in [0.5, 0.6) is 5.75 Å². The fourth-order valence-electron chi connectivity index (χ4n) is 1.65. The van der Waals surface area contributed by atoms with Gasteiger partial charge < -0.3 is 19.7 Å². The molecule has 0 saturated carbocycles. The summed E-state index contributed by atoms with van der Waals surface area (Å²) in [5.41, 5.74) is 0.834. The minimum Gasteiger partial charge on any atom is -0.490 e. The van der Waals surface area contributed by atoms with E-state index >= 15 is 0 Å². The highest BCUT2D eigenvalue weighted by Gasteiger charge is 2.07. The molecule has 0 saturated heterocycles. The molecule has 6 heteroatoms. The molecule has 0 unspecified atom stereocenters. The van der Waals surface area contributed by atoms with Crippen LogP contribution in [0.15, 0.2) is 18.2 Å². The van der Waals surface area contributed by atoms with Crippen LogP contribution in [0.4, 0.5) is 4.39 Å². The van der Waals surface area contributed by atoms with Crippen molar-refractivity contribution in [3.63, 3.8) is 0 Å². The second-order valence-electron chi connectivity index (χ2n) is 4.82. The average molecular weight is 298 g/mol. The lowest BCUT2D eigenvalue weighted by atomic mass is 10.2. The highest BCUT2D eigenvalue weighted by atomic mass is 19.1. The molecule has 1 amide bonds. The second-order valence-corrected chi connectivity index (χ2v) is 4.82. The molecule has 1 aromatic carbocycles. The van der Waals surface area contributed by atoms with E-state index in [1.807, 2.05) is 0 Å². The predicted octanol–water partition coefficient (Wildman–Crippen LogP) is 1.42. The Labute approximate surface area is 125 Å². The van der Waals surface area contributed by atoms with Gasteiger partial charge in [0, 0.05) is 34.3 Å². The van der Waals surface area contributed by atoms with Gasteiger partial charge in [-0.1, -0.05) is 6.07 Å². The maximum atomic E-state index is 13.8. The van der Waals surface area contributed by atoms with Crippen molar-refractivity contribution in [2.45, 2.75) is 13.0 Å². The molecule has 0 aliphatic rings. The number of benzene rings is 1. The molecule has 21 heavy (non-hydrogen) atoms. The average Bonchev–Trinajstić information content (AvgIpc) is 2.45. The fourth-order valence-corrected chi connectivity index (χ4v) is 1.65. The molecule has 0 aliphatic heterocycles. The Bertz CT molecular complexity index is 453. The van der Waals surface area contributed by atoms with Gasteiger partial charge in [0.1, 0.15) is 0 Å². The van der Waals surface area contributed by atoms with Crippen molar-refractivity contribution in [2.24, 2.45) is 0 Å². The maximum absolute atomic E-state index is 13.8. The molecule has 0 aromatic heterocycles. The van der Waals surface area contributed by atoms with Gasteiger partial charge in [0.15, 0.2) is 11.6 Å². The number of ether oxygens (including phenoxy) is 2. The fraction of sp³-hybridized carbons (Fsp3) is 0.533. The normalized spacial score (nSPS) is 10.5. The number of amides is 1. The lowest BCUT2D eigenvalue weighted by molar-refractivity contribution is -0.129. The molecule has 0 aliphatic carbocycles. The molecule has 1 aromatic rings. The number of carbonyl (C=O) groups is 1. The largest absolute Gasteiger partial charge is 0.490 e. The van der Waals surface area contributed by atoms with Gasteiger partial charge in [0.05, 0.1) is 19.6 Å². The Hall–Kier alpha value is -1.66. The van der Waals surface area contributed by atoms with Gasteiger partial charge in [-0.15, -0.1) is 0 Å². The van der Waals surface area contributed by atoms with Gasteiger partial charge in [-0.05, 0) is 17.7 Å². The minimum atomic E-state index is -0.418. The third-order valence-electron chi connectivity index (χ3n) is 2.88. The summed E-state index contributed by atoms with van der Waals surface area (Å²) in [4.78, 5) is 12.9. The number of carbonyl (C=O) groups excluding carboxylic acids is 1. The molecular weight excluding hydrogens is 275 g/mol. The third kappa shape index (κ3) is 6.55. The van der Waals surface area contributed by atoms with Crippen LogP contribution in [0.2, 0.25) is 0 Å². The Balaban J connectivity index is 2.41. The van der Waals surface area contributed by atoms with E-state index in [0.717, 1.165) is 5.56 Å². The van der Waals surface area contributed by atoms with Crippen LogP contribution in [0, 0.1) is 5.82 Å². The van der Waals surface area contributed by atoms with E-state index in [4.69, 9.17) is 9.47 Å². The lowest BCUT2D eigenvalue weighted by Crippen LogP contribution is -2.23. The van der Waals surface area contributed by atoms with Crippen LogP contribution in [0.3, 0.4) is 0 Å². The summed E-state index contributed by atoms with van der Waals surface area (Å²) < 4.78 is 24.0. The van der Waals surface area contributed by atoms with Crippen LogP contribution in [0.25, 0.3) is 0 Å². The summed E-state index contributed by atoms with van der Waals surface area (Å²) in [7, 11) is 4.98. The molecule has 0 radical (unpaired) electrons. The number of methoxy groups -OCH3 is 1. The zero-order chi connectivity index (χ0) is 15.7. The Morgan fingerprint density at radius 3 is 2.71 bits per heavy atom. The van der Waals surface area contributed by atoms with E-state index in [9.17, 15) is 9.18 Å². The zero-order valence-corrected chi connectivity index (χ0v) is 12.8. The standard InChI is InChI=1S/C15H23FN2O3/c1-18(2)15(19)6-8-21-14-5-4-12(10-13(14)16)11-17-7-9-20-3/h4-5,10,17H,6-9,11H2,1-3H3. The molecule has 0 atom stereocenters. The van der Waals surface area contributed by atoms with Crippen molar-refractivity contribution in [1.29, 1.82) is 0 Å². The van der Waals surface area contributed by atoms with Crippen LogP contribution in [0.1, 0.15) is 12.0 Å². The molecular formula is C15H23FN2O3. The third-order valence-corrected chi connectivity index (χ3v) is 2.88.